The molecular formula is C11H17N3O2. The minimum atomic E-state index is -0.189. The summed E-state index contributed by atoms with van der Waals surface area (Å²) in [7, 11) is 0. The lowest BCUT2D eigenvalue weighted by Crippen LogP contribution is -2.19. The van der Waals surface area contributed by atoms with Gasteiger partial charge in [-0.25, -0.2) is 4.98 Å². The number of carbonyl (C=O) groups is 1. The number of nitrogens with zero attached hydrogens (tertiary/aromatic N) is 1. The summed E-state index contributed by atoms with van der Waals surface area (Å²) in [4.78, 5) is 15.5. The molecule has 0 aromatic carbocycles. The smallest absolute Gasteiger partial charge is 0.225 e. The first kappa shape index (κ1) is 12.4. The molecule has 0 bridgehead atoms. The van der Waals surface area contributed by atoms with Gasteiger partial charge in [-0.15, -0.1) is 0 Å². The summed E-state index contributed by atoms with van der Waals surface area (Å²) in [6.45, 7) is 3.63. The van der Waals surface area contributed by atoms with Gasteiger partial charge < -0.3 is 16.2 Å². The summed E-state index contributed by atoms with van der Waals surface area (Å²) in [5.41, 5.74) is 6.28. The third-order valence-electron chi connectivity index (χ3n) is 2.10. The average Bonchev–Trinajstić information content (AvgIpc) is 2.20. The van der Waals surface area contributed by atoms with Crippen molar-refractivity contribution in [2.75, 3.05) is 5.32 Å². The topological polar surface area (TPSA) is 88.2 Å². The molecule has 0 radical (unpaired) electrons. The molecule has 0 fully saturated rings. The Morgan fingerprint density at radius 2 is 2.31 bits per heavy atom. The molecule has 5 nitrogen and oxygen atoms in total. The molecule has 5 heteroatoms. The molecule has 0 spiro atoms. The van der Waals surface area contributed by atoms with Crippen LogP contribution >= 0.6 is 0 Å². The number of anilines is 1. The van der Waals surface area contributed by atoms with E-state index in [4.69, 9.17) is 5.73 Å². The van der Waals surface area contributed by atoms with Crippen molar-refractivity contribution < 1.29 is 9.90 Å². The number of pyridine rings is 1. The SMILES string of the molecule is Cc1ccc(O)c(NC(=O)CCC(C)N)n1. The second-order valence-corrected chi connectivity index (χ2v) is 3.88. The maximum absolute atomic E-state index is 11.5. The molecule has 0 aliphatic rings. The van der Waals surface area contributed by atoms with Crippen LogP contribution in [0.2, 0.25) is 0 Å². The van der Waals surface area contributed by atoms with E-state index in [1.165, 1.54) is 6.07 Å². The molecule has 1 rings (SSSR count). The number of hydrogen-bond acceptors (Lipinski definition) is 4. The molecule has 1 aromatic rings. The lowest BCUT2D eigenvalue weighted by Gasteiger charge is -2.08. The average molecular weight is 223 g/mol. The van der Waals surface area contributed by atoms with Crippen molar-refractivity contribution >= 4 is 11.7 Å². The van der Waals surface area contributed by atoms with E-state index in [-0.39, 0.29) is 23.5 Å². The van der Waals surface area contributed by atoms with Gasteiger partial charge in [-0.3, -0.25) is 4.79 Å². The Hall–Kier alpha value is -1.62. The van der Waals surface area contributed by atoms with Crippen LogP contribution in [0, 0.1) is 6.92 Å². The molecule has 1 amide bonds. The van der Waals surface area contributed by atoms with E-state index >= 15 is 0 Å². The van der Waals surface area contributed by atoms with Gasteiger partial charge in [-0.2, -0.15) is 0 Å². The predicted octanol–water partition coefficient (Wildman–Crippen LogP) is 1.16. The van der Waals surface area contributed by atoms with Crippen molar-refractivity contribution in [1.29, 1.82) is 0 Å². The van der Waals surface area contributed by atoms with Crippen LogP contribution in [-0.4, -0.2) is 22.0 Å². The van der Waals surface area contributed by atoms with Crippen LogP contribution in [0.15, 0.2) is 12.1 Å². The van der Waals surface area contributed by atoms with E-state index < -0.39 is 0 Å². The minimum Gasteiger partial charge on any atom is -0.504 e. The summed E-state index contributed by atoms with van der Waals surface area (Å²) in [5, 5.41) is 12.0. The van der Waals surface area contributed by atoms with Gasteiger partial charge in [0.1, 0.15) is 0 Å². The van der Waals surface area contributed by atoms with E-state index in [9.17, 15) is 9.90 Å². The van der Waals surface area contributed by atoms with E-state index in [1.54, 1.807) is 13.0 Å². The molecule has 0 aliphatic heterocycles. The van der Waals surface area contributed by atoms with Gasteiger partial charge in [-0.05, 0) is 32.4 Å². The van der Waals surface area contributed by atoms with Gasteiger partial charge in [0.05, 0.1) is 0 Å². The van der Waals surface area contributed by atoms with Gasteiger partial charge in [0, 0.05) is 18.2 Å². The van der Waals surface area contributed by atoms with E-state index in [0.717, 1.165) is 5.69 Å². The predicted molar refractivity (Wildman–Crippen MR) is 62.2 cm³/mol. The Morgan fingerprint density at radius 1 is 1.62 bits per heavy atom. The summed E-state index contributed by atoms with van der Waals surface area (Å²) in [6.07, 6.45) is 0.936. The Bertz CT molecular complexity index is 377. The molecule has 1 heterocycles. The second-order valence-electron chi connectivity index (χ2n) is 3.88. The quantitative estimate of drug-likeness (QED) is 0.714. The van der Waals surface area contributed by atoms with Crippen LogP contribution in [0.1, 0.15) is 25.5 Å². The van der Waals surface area contributed by atoms with Crippen LogP contribution in [0.4, 0.5) is 5.82 Å². The molecular weight excluding hydrogens is 206 g/mol. The molecule has 1 atom stereocenters. The Kier molecular flexibility index (Phi) is 4.25. The first-order valence-corrected chi connectivity index (χ1v) is 5.21. The molecule has 0 saturated heterocycles. The Labute approximate surface area is 94.7 Å². The highest BCUT2D eigenvalue weighted by atomic mass is 16.3. The van der Waals surface area contributed by atoms with Crippen LogP contribution in [0.3, 0.4) is 0 Å². The highest BCUT2D eigenvalue weighted by Crippen LogP contribution is 2.20. The van der Waals surface area contributed by atoms with Crippen molar-refractivity contribution in [3.05, 3.63) is 17.8 Å². The number of aromatic hydroxyl groups is 1. The van der Waals surface area contributed by atoms with E-state index in [0.29, 0.717) is 12.8 Å². The second kappa shape index (κ2) is 5.46. The number of nitrogens with one attached hydrogen (secondary N) is 1. The standard InChI is InChI=1S/C11H17N3O2/c1-7(12)3-6-10(16)14-11-9(15)5-4-8(2)13-11/h4-5,7,15H,3,6,12H2,1-2H3,(H,13,14,16). The third kappa shape index (κ3) is 3.86. The lowest BCUT2D eigenvalue weighted by atomic mass is 10.2. The van der Waals surface area contributed by atoms with Crippen molar-refractivity contribution in [3.8, 4) is 5.75 Å². The zero-order valence-electron chi connectivity index (χ0n) is 9.53. The van der Waals surface area contributed by atoms with Crippen LogP contribution in [0.5, 0.6) is 5.75 Å². The zero-order valence-corrected chi connectivity index (χ0v) is 9.53. The highest BCUT2D eigenvalue weighted by molar-refractivity contribution is 5.91. The van der Waals surface area contributed by atoms with Gasteiger partial charge in [0.25, 0.3) is 0 Å². The zero-order chi connectivity index (χ0) is 12.1. The van der Waals surface area contributed by atoms with Gasteiger partial charge in [-0.1, -0.05) is 0 Å². The molecule has 0 saturated carbocycles. The number of aryl methyl sites for hydroxylation is 1. The summed E-state index contributed by atoms with van der Waals surface area (Å²) in [5.74, 6) is -0.0138. The van der Waals surface area contributed by atoms with Gasteiger partial charge in [0.15, 0.2) is 11.6 Å². The lowest BCUT2D eigenvalue weighted by molar-refractivity contribution is -0.116. The number of nitrogens with two attached hydrogens (primary N) is 1. The molecule has 88 valence electrons. The number of carbonyl (C=O) groups excluding carboxylic acids is 1. The van der Waals surface area contributed by atoms with Crippen LogP contribution in [0.25, 0.3) is 0 Å². The molecule has 0 aliphatic carbocycles. The summed E-state index contributed by atoms with van der Waals surface area (Å²) >= 11 is 0. The number of aromatic nitrogens is 1. The Morgan fingerprint density at radius 3 is 2.94 bits per heavy atom. The van der Waals surface area contributed by atoms with Gasteiger partial charge >= 0.3 is 0 Å². The number of amides is 1. The Balaban J connectivity index is 2.59. The fraction of sp³-hybridized carbons (Fsp3) is 0.455. The largest absolute Gasteiger partial charge is 0.504 e. The third-order valence-corrected chi connectivity index (χ3v) is 2.10. The summed E-state index contributed by atoms with van der Waals surface area (Å²) in [6, 6.07) is 3.17. The molecule has 1 aromatic heterocycles. The first-order chi connectivity index (χ1) is 7.49. The monoisotopic (exact) mass is 223 g/mol. The minimum absolute atomic E-state index is 0.00943. The maximum atomic E-state index is 11.5. The number of hydrogen-bond donors (Lipinski definition) is 3. The summed E-state index contributed by atoms with van der Waals surface area (Å²) < 4.78 is 0. The molecule has 16 heavy (non-hydrogen) atoms. The number of rotatable bonds is 4. The van der Waals surface area contributed by atoms with Crippen molar-refractivity contribution in [3.63, 3.8) is 0 Å². The highest BCUT2D eigenvalue weighted by Gasteiger charge is 2.08. The van der Waals surface area contributed by atoms with Crippen LogP contribution < -0.4 is 11.1 Å². The first-order valence-electron chi connectivity index (χ1n) is 5.21. The van der Waals surface area contributed by atoms with Crippen LogP contribution in [-0.2, 0) is 4.79 Å². The van der Waals surface area contributed by atoms with E-state index in [2.05, 4.69) is 10.3 Å². The van der Waals surface area contributed by atoms with Crippen molar-refractivity contribution in [2.24, 2.45) is 5.73 Å². The fourth-order valence-corrected chi connectivity index (χ4v) is 1.19. The van der Waals surface area contributed by atoms with Crippen molar-refractivity contribution in [2.45, 2.75) is 32.7 Å². The van der Waals surface area contributed by atoms with Crippen molar-refractivity contribution in [1.82, 2.24) is 4.98 Å². The fourth-order valence-electron chi connectivity index (χ4n) is 1.19. The molecule has 4 N–H and O–H groups in total. The maximum Gasteiger partial charge on any atom is 0.225 e. The molecule has 1 unspecified atom stereocenters. The van der Waals surface area contributed by atoms with Gasteiger partial charge in [0.2, 0.25) is 5.91 Å². The van der Waals surface area contributed by atoms with E-state index in [1.807, 2.05) is 6.92 Å². The normalized spacial score (nSPS) is 12.2.